The van der Waals surface area contributed by atoms with Gasteiger partial charge in [0, 0.05) is 11.9 Å². The van der Waals surface area contributed by atoms with Crippen LogP contribution in [0.5, 0.6) is 0 Å². The zero-order valence-corrected chi connectivity index (χ0v) is 9.38. The van der Waals surface area contributed by atoms with Crippen molar-refractivity contribution in [3.05, 3.63) is 34.9 Å². The Morgan fingerprint density at radius 3 is 1.93 bits per heavy atom. The van der Waals surface area contributed by atoms with Crippen LogP contribution in [0, 0.1) is 0 Å². The number of hydrogen-bond acceptors (Lipinski definition) is 1. The van der Waals surface area contributed by atoms with Crippen LogP contribution in [0.2, 0.25) is 5.02 Å². The van der Waals surface area contributed by atoms with E-state index in [0.717, 1.165) is 11.9 Å². The first-order valence-electron chi connectivity index (χ1n) is 4.38. The van der Waals surface area contributed by atoms with Gasteiger partial charge in [0.05, 0.1) is 0 Å². The SMILES string of the molecule is CC(=O)O.CC(C)c1ccc(Cl)cc1. The van der Waals surface area contributed by atoms with Crippen molar-refractivity contribution >= 4 is 17.6 Å². The molecule has 0 radical (unpaired) electrons. The average Bonchev–Trinajstić information content (AvgIpc) is 2.03. The number of carboxylic acid groups (broad SMARTS) is 1. The highest BCUT2D eigenvalue weighted by Gasteiger charge is 1.96. The van der Waals surface area contributed by atoms with E-state index in [0.29, 0.717) is 5.92 Å². The molecule has 0 aliphatic heterocycles. The summed E-state index contributed by atoms with van der Waals surface area (Å²) in [6, 6.07) is 7.98. The highest BCUT2D eigenvalue weighted by Crippen LogP contribution is 2.16. The minimum absolute atomic E-state index is 0.595. The van der Waals surface area contributed by atoms with Gasteiger partial charge in [-0.05, 0) is 23.6 Å². The number of aliphatic carboxylic acids is 1. The van der Waals surface area contributed by atoms with E-state index in [2.05, 4.69) is 26.0 Å². The Hall–Kier alpha value is -1.02. The number of carboxylic acids is 1. The monoisotopic (exact) mass is 214 g/mol. The second kappa shape index (κ2) is 6.44. The minimum atomic E-state index is -0.833. The van der Waals surface area contributed by atoms with Crippen molar-refractivity contribution in [3.63, 3.8) is 0 Å². The summed E-state index contributed by atoms with van der Waals surface area (Å²) in [5.41, 5.74) is 1.34. The third kappa shape index (κ3) is 6.49. The molecule has 1 aromatic rings. The lowest BCUT2D eigenvalue weighted by atomic mass is 10.0. The Balaban J connectivity index is 0.000000364. The van der Waals surface area contributed by atoms with E-state index >= 15 is 0 Å². The molecule has 1 rings (SSSR count). The van der Waals surface area contributed by atoms with E-state index in [4.69, 9.17) is 21.5 Å². The Morgan fingerprint density at radius 2 is 1.64 bits per heavy atom. The topological polar surface area (TPSA) is 37.3 Å². The van der Waals surface area contributed by atoms with Gasteiger partial charge in [0.1, 0.15) is 0 Å². The highest BCUT2D eigenvalue weighted by atomic mass is 35.5. The van der Waals surface area contributed by atoms with E-state index in [9.17, 15) is 0 Å². The summed E-state index contributed by atoms with van der Waals surface area (Å²) < 4.78 is 0. The molecule has 1 N–H and O–H groups in total. The molecular weight excluding hydrogens is 200 g/mol. The highest BCUT2D eigenvalue weighted by molar-refractivity contribution is 6.30. The van der Waals surface area contributed by atoms with E-state index in [1.54, 1.807) is 0 Å². The Morgan fingerprint density at radius 1 is 1.29 bits per heavy atom. The number of halogens is 1. The summed E-state index contributed by atoms with van der Waals surface area (Å²) in [6.45, 7) is 5.42. The summed E-state index contributed by atoms with van der Waals surface area (Å²) >= 11 is 5.72. The molecule has 1 aromatic carbocycles. The van der Waals surface area contributed by atoms with E-state index in [1.807, 2.05) is 12.1 Å². The van der Waals surface area contributed by atoms with Crippen LogP contribution in [0.15, 0.2) is 24.3 Å². The Bertz CT molecular complexity index is 274. The summed E-state index contributed by atoms with van der Waals surface area (Å²) in [4.78, 5) is 9.00. The van der Waals surface area contributed by atoms with Crippen molar-refractivity contribution in [2.24, 2.45) is 0 Å². The van der Waals surface area contributed by atoms with Crippen molar-refractivity contribution in [2.45, 2.75) is 26.7 Å². The molecule has 0 bridgehead atoms. The Kier molecular flexibility index (Phi) is 5.97. The smallest absolute Gasteiger partial charge is 0.300 e. The molecular formula is C11H15ClO2. The molecule has 0 unspecified atom stereocenters. The molecule has 0 atom stereocenters. The van der Waals surface area contributed by atoms with Crippen LogP contribution in [-0.4, -0.2) is 11.1 Å². The fourth-order valence-electron chi connectivity index (χ4n) is 0.848. The maximum absolute atomic E-state index is 9.00. The summed E-state index contributed by atoms with van der Waals surface area (Å²) in [5.74, 6) is -0.239. The largest absolute Gasteiger partial charge is 0.481 e. The molecule has 0 fully saturated rings. The molecule has 0 aliphatic carbocycles. The molecule has 0 saturated carbocycles. The maximum atomic E-state index is 9.00. The van der Waals surface area contributed by atoms with Crippen molar-refractivity contribution in [1.82, 2.24) is 0 Å². The van der Waals surface area contributed by atoms with Crippen molar-refractivity contribution in [3.8, 4) is 0 Å². The lowest BCUT2D eigenvalue weighted by Crippen LogP contribution is -1.84. The fourth-order valence-corrected chi connectivity index (χ4v) is 0.974. The zero-order valence-electron chi connectivity index (χ0n) is 8.62. The predicted octanol–water partition coefficient (Wildman–Crippen LogP) is 3.55. The zero-order chi connectivity index (χ0) is 11.1. The van der Waals surface area contributed by atoms with Crippen LogP contribution < -0.4 is 0 Å². The first-order chi connectivity index (χ1) is 6.43. The van der Waals surface area contributed by atoms with Crippen LogP contribution in [0.25, 0.3) is 0 Å². The van der Waals surface area contributed by atoms with Crippen LogP contribution in [-0.2, 0) is 4.79 Å². The number of carbonyl (C=O) groups is 1. The van der Waals surface area contributed by atoms with Gasteiger partial charge in [0.15, 0.2) is 0 Å². The molecule has 3 heteroatoms. The van der Waals surface area contributed by atoms with Gasteiger partial charge < -0.3 is 5.11 Å². The van der Waals surface area contributed by atoms with Crippen LogP contribution >= 0.6 is 11.6 Å². The number of rotatable bonds is 1. The molecule has 0 aliphatic rings. The van der Waals surface area contributed by atoms with Gasteiger partial charge in [0.2, 0.25) is 0 Å². The van der Waals surface area contributed by atoms with Gasteiger partial charge in [-0.15, -0.1) is 0 Å². The molecule has 0 aromatic heterocycles. The summed E-state index contributed by atoms with van der Waals surface area (Å²) in [6.07, 6.45) is 0. The van der Waals surface area contributed by atoms with Gasteiger partial charge >= 0.3 is 0 Å². The van der Waals surface area contributed by atoms with Gasteiger partial charge in [-0.25, -0.2) is 0 Å². The lowest BCUT2D eigenvalue weighted by molar-refractivity contribution is -0.134. The van der Waals surface area contributed by atoms with Crippen molar-refractivity contribution < 1.29 is 9.90 Å². The van der Waals surface area contributed by atoms with E-state index in [1.165, 1.54) is 5.56 Å². The summed E-state index contributed by atoms with van der Waals surface area (Å²) in [5, 5.41) is 8.23. The first kappa shape index (κ1) is 13.0. The molecule has 2 nitrogen and oxygen atoms in total. The van der Waals surface area contributed by atoms with Gasteiger partial charge in [-0.2, -0.15) is 0 Å². The van der Waals surface area contributed by atoms with Gasteiger partial charge in [-0.3, -0.25) is 4.79 Å². The van der Waals surface area contributed by atoms with Crippen molar-refractivity contribution in [2.75, 3.05) is 0 Å². The molecule has 0 heterocycles. The third-order valence-corrected chi connectivity index (χ3v) is 1.79. The normalized spacial score (nSPS) is 9.21. The van der Waals surface area contributed by atoms with Crippen LogP contribution in [0.4, 0.5) is 0 Å². The maximum Gasteiger partial charge on any atom is 0.300 e. The number of hydrogen-bond donors (Lipinski definition) is 1. The predicted molar refractivity (Wildman–Crippen MR) is 58.9 cm³/mol. The van der Waals surface area contributed by atoms with Crippen molar-refractivity contribution in [1.29, 1.82) is 0 Å². The molecule has 78 valence electrons. The fraction of sp³-hybridized carbons (Fsp3) is 0.364. The number of benzene rings is 1. The summed E-state index contributed by atoms with van der Waals surface area (Å²) in [7, 11) is 0. The lowest BCUT2D eigenvalue weighted by Gasteiger charge is -2.03. The van der Waals surface area contributed by atoms with Gasteiger partial charge in [-0.1, -0.05) is 37.6 Å². The van der Waals surface area contributed by atoms with Crippen LogP contribution in [0.3, 0.4) is 0 Å². The molecule has 0 saturated heterocycles. The van der Waals surface area contributed by atoms with E-state index in [-0.39, 0.29) is 0 Å². The average molecular weight is 215 g/mol. The second-order valence-electron chi connectivity index (χ2n) is 3.23. The van der Waals surface area contributed by atoms with Gasteiger partial charge in [0.25, 0.3) is 5.97 Å². The second-order valence-corrected chi connectivity index (χ2v) is 3.66. The van der Waals surface area contributed by atoms with Crippen LogP contribution in [0.1, 0.15) is 32.3 Å². The molecule has 14 heavy (non-hydrogen) atoms. The molecule has 0 amide bonds. The third-order valence-electron chi connectivity index (χ3n) is 1.54. The first-order valence-corrected chi connectivity index (χ1v) is 4.76. The quantitative estimate of drug-likeness (QED) is 0.776. The Labute approximate surface area is 89.5 Å². The molecule has 0 spiro atoms. The van der Waals surface area contributed by atoms with E-state index < -0.39 is 5.97 Å². The minimum Gasteiger partial charge on any atom is -0.481 e. The standard InChI is InChI=1S/C9H11Cl.C2H4O2/c1-7(2)8-3-5-9(10)6-4-8;1-2(3)4/h3-7H,1-2H3;1H3,(H,3,4).